The fourth-order valence-corrected chi connectivity index (χ4v) is 4.50. The van der Waals surface area contributed by atoms with Crippen LogP contribution in [0.2, 0.25) is 0 Å². The van der Waals surface area contributed by atoms with E-state index in [0.29, 0.717) is 18.0 Å². The molecule has 1 aromatic rings. The smallest absolute Gasteiger partial charge is 0.227 e. The van der Waals surface area contributed by atoms with Crippen molar-refractivity contribution in [2.75, 3.05) is 17.6 Å². The van der Waals surface area contributed by atoms with Crippen LogP contribution >= 0.6 is 23.1 Å². The van der Waals surface area contributed by atoms with E-state index in [0.717, 1.165) is 22.6 Å². The van der Waals surface area contributed by atoms with Gasteiger partial charge >= 0.3 is 0 Å². The molecule has 0 saturated heterocycles. The third-order valence-corrected chi connectivity index (χ3v) is 7.43. The summed E-state index contributed by atoms with van der Waals surface area (Å²) in [6.07, 6.45) is 3.18. The standard InChI is InChI=1S/C14H19BrNO2P/c1-3-19(18,4-2)13-8-7-11(15)9-12(13)16-14(17)10-5-6-10/h7-10H,3-6H2,1-2H3,(H,16,17). The Kier molecular flexibility index (Phi) is 4.52. The molecule has 5 heteroatoms. The van der Waals surface area contributed by atoms with Gasteiger partial charge < -0.3 is 9.88 Å². The molecule has 0 bridgehead atoms. The van der Waals surface area contributed by atoms with E-state index in [9.17, 15) is 9.36 Å². The lowest BCUT2D eigenvalue weighted by atomic mass is 10.3. The second kappa shape index (κ2) is 5.80. The first-order valence-corrected chi connectivity index (χ1v) is 9.56. The SMILES string of the molecule is CCP(=O)(CC)c1ccc(Br)cc1NC(=O)C1CC1. The largest absolute Gasteiger partial charge is 0.325 e. The summed E-state index contributed by atoms with van der Waals surface area (Å²) in [4.78, 5) is 11.9. The monoisotopic (exact) mass is 343 g/mol. The van der Waals surface area contributed by atoms with Gasteiger partial charge in [0, 0.05) is 28.0 Å². The van der Waals surface area contributed by atoms with E-state index in [2.05, 4.69) is 21.2 Å². The van der Waals surface area contributed by atoms with Crippen molar-refractivity contribution in [3.8, 4) is 0 Å². The Morgan fingerprint density at radius 3 is 2.53 bits per heavy atom. The molecule has 1 saturated carbocycles. The highest BCUT2D eigenvalue weighted by atomic mass is 79.9. The van der Waals surface area contributed by atoms with Crippen LogP contribution in [-0.4, -0.2) is 18.2 Å². The van der Waals surface area contributed by atoms with Crippen LogP contribution in [0, 0.1) is 5.92 Å². The molecule has 1 amide bonds. The Balaban J connectivity index is 2.36. The van der Waals surface area contributed by atoms with Crippen molar-refractivity contribution in [2.45, 2.75) is 26.7 Å². The van der Waals surface area contributed by atoms with E-state index in [1.54, 1.807) is 0 Å². The van der Waals surface area contributed by atoms with E-state index in [4.69, 9.17) is 0 Å². The molecule has 1 fully saturated rings. The van der Waals surface area contributed by atoms with Crippen LogP contribution in [0.1, 0.15) is 26.7 Å². The number of amides is 1. The molecule has 1 aromatic carbocycles. The molecule has 1 N–H and O–H groups in total. The molecule has 19 heavy (non-hydrogen) atoms. The Labute approximate surface area is 122 Å². The highest BCUT2D eigenvalue weighted by Gasteiger charge is 2.31. The molecule has 0 unspecified atom stereocenters. The highest BCUT2D eigenvalue weighted by Crippen LogP contribution is 2.46. The summed E-state index contributed by atoms with van der Waals surface area (Å²) in [6, 6.07) is 5.62. The van der Waals surface area contributed by atoms with Crippen LogP contribution in [-0.2, 0) is 9.36 Å². The minimum absolute atomic E-state index is 0.0538. The second-order valence-electron chi connectivity index (χ2n) is 4.95. The van der Waals surface area contributed by atoms with Gasteiger partial charge in [-0.3, -0.25) is 4.79 Å². The Bertz CT molecular complexity index is 532. The van der Waals surface area contributed by atoms with Gasteiger partial charge in [-0.25, -0.2) is 0 Å². The Morgan fingerprint density at radius 1 is 1.37 bits per heavy atom. The topological polar surface area (TPSA) is 46.2 Å². The van der Waals surface area contributed by atoms with Gasteiger partial charge in [-0.15, -0.1) is 0 Å². The average Bonchev–Trinajstić information content (AvgIpc) is 3.22. The number of benzene rings is 1. The van der Waals surface area contributed by atoms with E-state index in [-0.39, 0.29) is 11.8 Å². The van der Waals surface area contributed by atoms with E-state index in [1.165, 1.54) is 0 Å². The van der Waals surface area contributed by atoms with E-state index in [1.807, 2.05) is 32.0 Å². The van der Waals surface area contributed by atoms with Gasteiger partial charge in [-0.05, 0) is 31.0 Å². The van der Waals surface area contributed by atoms with Crippen LogP contribution < -0.4 is 10.6 Å². The number of hydrogen-bond donors (Lipinski definition) is 1. The van der Waals surface area contributed by atoms with Gasteiger partial charge in [0.05, 0.1) is 5.69 Å². The van der Waals surface area contributed by atoms with Gasteiger partial charge in [0.1, 0.15) is 7.14 Å². The molecule has 0 radical (unpaired) electrons. The molecule has 0 aromatic heterocycles. The third-order valence-electron chi connectivity index (χ3n) is 3.63. The third kappa shape index (κ3) is 3.29. The first-order chi connectivity index (χ1) is 9.00. The van der Waals surface area contributed by atoms with Gasteiger partial charge in [-0.2, -0.15) is 0 Å². The highest BCUT2D eigenvalue weighted by molar-refractivity contribution is 9.10. The zero-order valence-electron chi connectivity index (χ0n) is 11.3. The van der Waals surface area contributed by atoms with Crippen molar-refractivity contribution in [3.63, 3.8) is 0 Å². The molecule has 104 valence electrons. The molecule has 0 spiro atoms. The number of hydrogen-bond acceptors (Lipinski definition) is 2. The number of anilines is 1. The predicted molar refractivity (Wildman–Crippen MR) is 83.8 cm³/mol. The van der Waals surface area contributed by atoms with E-state index < -0.39 is 7.14 Å². The fourth-order valence-electron chi connectivity index (χ4n) is 2.11. The molecule has 0 heterocycles. The molecule has 2 rings (SSSR count). The van der Waals surface area contributed by atoms with E-state index >= 15 is 0 Å². The summed E-state index contributed by atoms with van der Waals surface area (Å²) in [5.74, 6) is 0.201. The summed E-state index contributed by atoms with van der Waals surface area (Å²) in [5.41, 5.74) is 0.707. The number of rotatable bonds is 5. The van der Waals surface area contributed by atoms with Gasteiger partial charge in [-0.1, -0.05) is 29.8 Å². The van der Waals surface area contributed by atoms with Crippen molar-refractivity contribution in [1.82, 2.24) is 0 Å². The average molecular weight is 344 g/mol. The van der Waals surface area contributed by atoms with Crippen LogP contribution in [0.5, 0.6) is 0 Å². The lowest BCUT2D eigenvalue weighted by Gasteiger charge is -2.19. The molecule has 1 aliphatic rings. The summed E-state index contributed by atoms with van der Waals surface area (Å²) in [6.45, 7) is 3.89. The van der Waals surface area contributed by atoms with Crippen molar-refractivity contribution in [1.29, 1.82) is 0 Å². The molecule has 1 aliphatic carbocycles. The Hall–Kier alpha value is -0.600. The van der Waals surface area contributed by atoms with Crippen molar-refractivity contribution < 1.29 is 9.36 Å². The molecule has 3 nitrogen and oxygen atoms in total. The molecular weight excluding hydrogens is 325 g/mol. The molecule has 0 aliphatic heterocycles. The molecule has 0 atom stereocenters. The zero-order chi connectivity index (χ0) is 14.0. The lowest BCUT2D eigenvalue weighted by Crippen LogP contribution is -2.21. The normalized spacial score (nSPS) is 15.3. The summed E-state index contributed by atoms with van der Waals surface area (Å²) in [5, 5.41) is 3.75. The Morgan fingerprint density at radius 2 is 2.00 bits per heavy atom. The van der Waals surface area contributed by atoms with Gasteiger partial charge in [0.15, 0.2) is 0 Å². The predicted octanol–water partition coefficient (Wildman–Crippen LogP) is 3.83. The maximum Gasteiger partial charge on any atom is 0.227 e. The summed E-state index contributed by atoms with van der Waals surface area (Å²) >= 11 is 3.41. The van der Waals surface area contributed by atoms with Crippen LogP contribution in [0.3, 0.4) is 0 Å². The molecular formula is C14H19BrNO2P. The van der Waals surface area contributed by atoms with Crippen molar-refractivity contribution in [2.24, 2.45) is 5.92 Å². The fraction of sp³-hybridized carbons (Fsp3) is 0.500. The summed E-state index contributed by atoms with van der Waals surface area (Å²) < 4.78 is 13.8. The first-order valence-electron chi connectivity index (χ1n) is 6.69. The number of carbonyl (C=O) groups excluding carboxylic acids is 1. The first kappa shape index (κ1) is 14.8. The number of nitrogens with one attached hydrogen (secondary N) is 1. The minimum Gasteiger partial charge on any atom is -0.325 e. The van der Waals surface area contributed by atoms with Gasteiger partial charge in [0.2, 0.25) is 5.91 Å². The maximum absolute atomic E-state index is 12.9. The lowest BCUT2D eigenvalue weighted by molar-refractivity contribution is -0.117. The maximum atomic E-state index is 12.9. The van der Waals surface area contributed by atoms with Crippen LogP contribution in [0.25, 0.3) is 0 Å². The van der Waals surface area contributed by atoms with Gasteiger partial charge in [0.25, 0.3) is 0 Å². The summed E-state index contributed by atoms with van der Waals surface area (Å²) in [7, 11) is -2.39. The quantitative estimate of drug-likeness (QED) is 0.826. The van der Waals surface area contributed by atoms with Crippen molar-refractivity contribution in [3.05, 3.63) is 22.7 Å². The number of halogens is 1. The van der Waals surface area contributed by atoms with Crippen LogP contribution in [0.15, 0.2) is 22.7 Å². The minimum atomic E-state index is -2.39. The zero-order valence-corrected chi connectivity index (χ0v) is 13.8. The van der Waals surface area contributed by atoms with Crippen LogP contribution in [0.4, 0.5) is 5.69 Å². The second-order valence-corrected chi connectivity index (χ2v) is 9.39. The number of carbonyl (C=O) groups is 1. The van der Waals surface area contributed by atoms with Crippen molar-refractivity contribution >= 4 is 40.0 Å².